The lowest BCUT2D eigenvalue weighted by Gasteiger charge is -2.39. The van der Waals surface area contributed by atoms with Crippen LogP contribution in [0, 0.1) is 12.7 Å². The lowest BCUT2D eigenvalue weighted by Crippen LogP contribution is -2.47. The molecule has 30 heavy (non-hydrogen) atoms. The number of hydrogen-bond donors (Lipinski definition) is 1. The van der Waals surface area contributed by atoms with Gasteiger partial charge in [0, 0.05) is 44.9 Å². The Balaban J connectivity index is 1.40. The number of aliphatic hydroxyl groups excluding tert-OH is 1. The molecule has 0 bridgehead atoms. The summed E-state index contributed by atoms with van der Waals surface area (Å²) in [5.41, 5.74) is 2.68. The molecule has 1 unspecified atom stereocenters. The van der Waals surface area contributed by atoms with Crippen molar-refractivity contribution in [3.63, 3.8) is 0 Å². The van der Waals surface area contributed by atoms with Crippen LogP contribution in [0.25, 0.3) is 16.8 Å². The number of halogens is 1. The van der Waals surface area contributed by atoms with Crippen LogP contribution in [0.15, 0.2) is 51.7 Å². The first-order valence-electron chi connectivity index (χ1n) is 10.2. The predicted molar refractivity (Wildman–Crippen MR) is 113 cm³/mol. The molecule has 1 saturated heterocycles. The first-order chi connectivity index (χ1) is 14.5. The molecular weight excluding hydrogens is 385 g/mol. The summed E-state index contributed by atoms with van der Waals surface area (Å²) in [7, 11) is 0. The standard InChI is InChI=1S/C22H24FN5O2/c1-3-26-6-8-27(9-7-26)16-4-5-20-25-18(12-21(29)28(20)13-16)15-10-17(23)22-19(11-15)30-14(2)24-22/h4-5,10-13,21,29H,3,6-9H2,1-2H3. The van der Waals surface area contributed by atoms with E-state index in [2.05, 4.69) is 26.7 Å². The van der Waals surface area contributed by atoms with Crippen molar-refractivity contribution >= 4 is 22.6 Å². The van der Waals surface area contributed by atoms with E-state index in [1.54, 1.807) is 24.0 Å². The Morgan fingerprint density at radius 2 is 2.00 bits per heavy atom. The number of amidine groups is 1. The number of benzene rings is 1. The predicted octanol–water partition coefficient (Wildman–Crippen LogP) is 2.70. The van der Waals surface area contributed by atoms with Crippen molar-refractivity contribution in [1.29, 1.82) is 0 Å². The van der Waals surface area contributed by atoms with Gasteiger partial charge in [0.2, 0.25) is 0 Å². The highest BCUT2D eigenvalue weighted by atomic mass is 19.1. The van der Waals surface area contributed by atoms with Crippen molar-refractivity contribution in [3.8, 4) is 0 Å². The number of rotatable bonds is 3. The number of hydrogen-bond acceptors (Lipinski definition) is 7. The van der Waals surface area contributed by atoms with E-state index in [9.17, 15) is 9.50 Å². The third-order valence-electron chi connectivity index (χ3n) is 5.80. The summed E-state index contributed by atoms with van der Waals surface area (Å²) < 4.78 is 19.9. The molecule has 0 radical (unpaired) electrons. The SMILES string of the molecule is CCN1CCN(C2=CN3C(=NC(c4cc(F)c5nc(C)oc5c4)=CC3O)C=C2)CC1. The molecule has 1 atom stereocenters. The van der Waals surface area contributed by atoms with Gasteiger partial charge in [-0.05, 0) is 36.9 Å². The van der Waals surface area contributed by atoms with Crippen molar-refractivity contribution in [1.82, 2.24) is 19.7 Å². The normalized spacial score (nSPS) is 22.1. The zero-order valence-corrected chi connectivity index (χ0v) is 17.0. The Kier molecular flexibility index (Phi) is 4.67. The van der Waals surface area contributed by atoms with E-state index in [1.807, 2.05) is 18.4 Å². The van der Waals surface area contributed by atoms with Crippen molar-refractivity contribution < 1.29 is 13.9 Å². The Morgan fingerprint density at radius 3 is 2.77 bits per heavy atom. The molecular formula is C22H24FN5O2. The quantitative estimate of drug-likeness (QED) is 0.841. The van der Waals surface area contributed by atoms with Crippen molar-refractivity contribution in [3.05, 3.63) is 59.5 Å². The molecule has 0 aliphatic carbocycles. The van der Waals surface area contributed by atoms with E-state index in [0.29, 0.717) is 28.6 Å². The summed E-state index contributed by atoms with van der Waals surface area (Å²) in [5, 5.41) is 10.8. The van der Waals surface area contributed by atoms with Crippen LogP contribution in [0.2, 0.25) is 0 Å². The van der Waals surface area contributed by atoms with Crippen LogP contribution < -0.4 is 0 Å². The first-order valence-corrected chi connectivity index (χ1v) is 10.2. The van der Waals surface area contributed by atoms with Gasteiger partial charge in [-0.1, -0.05) is 6.92 Å². The lowest BCUT2D eigenvalue weighted by molar-refractivity contribution is 0.121. The van der Waals surface area contributed by atoms with Crippen LogP contribution in [-0.4, -0.2) is 69.6 Å². The molecule has 0 amide bonds. The smallest absolute Gasteiger partial charge is 0.192 e. The molecule has 0 spiro atoms. The number of allylic oxidation sites excluding steroid dienone is 1. The average molecular weight is 409 g/mol. The fourth-order valence-electron chi connectivity index (χ4n) is 4.10. The second kappa shape index (κ2) is 7.37. The third kappa shape index (κ3) is 3.32. The monoisotopic (exact) mass is 409 g/mol. The van der Waals surface area contributed by atoms with E-state index in [1.165, 1.54) is 6.07 Å². The molecule has 2 aromatic rings. The number of oxazole rings is 1. The Morgan fingerprint density at radius 1 is 1.20 bits per heavy atom. The number of aryl methyl sites for hydroxylation is 1. The highest BCUT2D eigenvalue weighted by molar-refractivity contribution is 6.00. The van der Waals surface area contributed by atoms with Crippen molar-refractivity contribution in [2.45, 2.75) is 20.1 Å². The number of aliphatic hydroxyl groups is 1. The summed E-state index contributed by atoms with van der Waals surface area (Å²) in [6.45, 7) is 8.90. The van der Waals surface area contributed by atoms with Crippen LogP contribution in [0.1, 0.15) is 18.4 Å². The van der Waals surface area contributed by atoms with Crippen molar-refractivity contribution in [2.24, 2.45) is 4.99 Å². The zero-order valence-electron chi connectivity index (χ0n) is 17.0. The molecule has 156 valence electrons. The molecule has 1 N–H and O–H groups in total. The van der Waals surface area contributed by atoms with Crippen LogP contribution in [0.5, 0.6) is 0 Å². The van der Waals surface area contributed by atoms with Crippen LogP contribution in [0.4, 0.5) is 4.39 Å². The minimum absolute atomic E-state index is 0.204. The lowest BCUT2D eigenvalue weighted by atomic mass is 10.1. The van der Waals surface area contributed by atoms with Gasteiger partial charge >= 0.3 is 0 Å². The Bertz CT molecular complexity index is 1110. The van der Waals surface area contributed by atoms with E-state index in [0.717, 1.165) is 38.4 Å². The van der Waals surface area contributed by atoms with Crippen LogP contribution >= 0.6 is 0 Å². The topological polar surface area (TPSA) is 68.3 Å². The molecule has 1 aromatic heterocycles. The van der Waals surface area contributed by atoms with Gasteiger partial charge in [0.25, 0.3) is 0 Å². The number of piperazine rings is 1. The van der Waals surface area contributed by atoms with Gasteiger partial charge < -0.3 is 24.2 Å². The maximum Gasteiger partial charge on any atom is 0.192 e. The van der Waals surface area contributed by atoms with Crippen LogP contribution in [-0.2, 0) is 0 Å². The van der Waals surface area contributed by atoms with Gasteiger partial charge in [-0.15, -0.1) is 0 Å². The Hall–Kier alpha value is -2.97. The minimum atomic E-state index is -0.889. The van der Waals surface area contributed by atoms with E-state index in [4.69, 9.17) is 4.42 Å². The molecule has 1 fully saturated rings. The van der Waals surface area contributed by atoms with Gasteiger partial charge in [0.15, 0.2) is 23.5 Å². The van der Waals surface area contributed by atoms with E-state index >= 15 is 0 Å². The fraction of sp³-hybridized carbons (Fsp3) is 0.364. The van der Waals surface area contributed by atoms with Crippen LogP contribution in [0.3, 0.4) is 0 Å². The number of nitrogens with zero attached hydrogens (tertiary/aromatic N) is 5. The molecule has 8 heteroatoms. The van der Waals surface area contributed by atoms with Crippen molar-refractivity contribution in [2.75, 3.05) is 32.7 Å². The maximum absolute atomic E-state index is 14.5. The molecule has 5 rings (SSSR count). The number of fused-ring (bicyclic) bond motifs is 2. The number of aromatic nitrogens is 1. The van der Waals surface area contributed by atoms with E-state index < -0.39 is 12.0 Å². The van der Waals surface area contributed by atoms with Gasteiger partial charge in [0.1, 0.15) is 11.4 Å². The van der Waals surface area contributed by atoms with Gasteiger partial charge in [-0.25, -0.2) is 14.4 Å². The highest BCUT2D eigenvalue weighted by Crippen LogP contribution is 2.30. The fourth-order valence-corrected chi connectivity index (χ4v) is 4.10. The first kappa shape index (κ1) is 19.0. The van der Waals surface area contributed by atoms with Gasteiger partial charge in [-0.2, -0.15) is 0 Å². The summed E-state index contributed by atoms with van der Waals surface area (Å²) >= 11 is 0. The summed E-state index contributed by atoms with van der Waals surface area (Å²) in [4.78, 5) is 15.2. The molecule has 1 aromatic carbocycles. The second-order valence-corrected chi connectivity index (χ2v) is 7.69. The number of aliphatic imine (C=N–C) groups is 1. The molecule has 3 aliphatic rings. The van der Waals surface area contributed by atoms with Gasteiger partial charge in [0.05, 0.1) is 11.4 Å². The molecule has 0 saturated carbocycles. The summed E-state index contributed by atoms with van der Waals surface area (Å²) in [5.74, 6) is 0.555. The van der Waals surface area contributed by atoms with E-state index in [-0.39, 0.29) is 5.52 Å². The highest BCUT2D eigenvalue weighted by Gasteiger charge is 2.27. The molecule has 7 nitrogen and oxygen atoms in total. The molecule has 3 aliphatic heterocycles. The largest absolute Gasteiger partial charge is 0.441 e. The van der Waals surface area contributed by atoms with Gasteiger partial charge in [-0.3, -0.25) is 0 Å². The maximum atomic E-state index is 14.5. The number of likely N-dealkylation sites (N-methyl/N-ethyl adjacent to an activating group) is 1. The summed E-state index contributed by atoms with van der Waals surface area (Å²) in [6, 6.07) is 3.08. The summed E-state index contributed by atoms with van der Waals surface area (Å²) in [6.07, 6.45) is 6.58. The Labute approximate surface area is 174 Å². The second-order valence-electron chi connectivity index (χ2n) is 7.69. The third-order valence-corrected chi connectivity index (χ3v) is 5.80. The zero-order chi connectivity index (χ0) is 20.8. The average Bonchev–Trinajstić information content (AvgIpc) is 3.14. The molecule has 4 heterocycles. The minimum Gasteiger partial charge on any atom is -0.441 e.